The molecule has 0 aromatic heterocycles. The first kappa shape index (κ1) is 18.4. The van der Waals surface area contributed by atoms with E-state index in [-0.39, 0.29) is 42.6 Å². The fourth-order valence-electron chi connectivity index (χ4n) is 3.40. The number of rotatable bonds is 7. The Morgan fingerprint density at radius 3 is 2.69 bits per heavy atom. The van der Waals surface area contributed by atoms with Crippen LogP contribution in [0.15, 0.2) is 24.3 Å². The molecule has 6 nitrogen and oxygen atoms in total. The first-order valence-electron chi connectivity index (χ1n) is 8.89. The first-order valence-corrected chi connectivity index (χ1v) is 8.89. The molecule has 2 atom stereocenters. The van der Waals surface area contributed by atoms with E-state index in [0.29, 0.717) is 18.4 Å². The van der Waals surface area contributed by atoms with Crippen LogP contribution in [-0.4, -0.2) is 41.9 Å². The number of halogens is 1. The van der Waals surface area contributed by atoms with E-state index < -0.39 is 12.0 Å². The number of hydrogen-bond donors (Lipinski definition) is 1. The topological polar surface area (TPSA) is 75.7 Å². The summed E-state index contributed by atoms with van der Waals surface area (Å²) in [6, 6.07) is 5.40. The quantitative estimate of drug-likeness (QED) is 0.750. The number of nitrogens with zero attached hydrogens (tertiary/aromatic N) is 1. The number of methoxy groups -OCH3 is 1. The summed E-state index contributed by atoms with van der Waals surface area (Å²) in [4.78, 5) is 38.0. The van der Waals surface area contributed by atoms with Gasteiger partial charge in [0, 0.05) is 31.0 Å². The molecule has 1 aromatic carbocycles. The smallest absolute Gasteiger partial charge is 0.328 e. The highest BCUT2D eigenvalue weighted by molar-refractivity contribution is 5.86. The summed E-state index contributed by atoms with van der Waals surface area (Å²) in [7, 11) is 1.30. The van der Waals surface area contributed by atoms with E-state index >= 15 is 0 Å². The minimum absolute atomic E-state index is 0.0854. The molecule has 1 saturated carbocycles. The summed E-state index contributed by atoms with van der Waals surface area (Å²) in [5.74, 6) is -1.05. The largest absolute Gasteiger partial charge is 0.467 e. The molecule has 3 rings (SSSR count). The monoisotopic (exact) mass is 362 g/mol. The van der Waals surface area contributed by atoms with Gasteiger partial charge in [-0.05, 0) is 31.2 Å². The number of esters is 1. The van der Waals surface area contributed by atoms with Gasteiger partial charge in [0.05, 0.1) is 7.11 Å². The Labute approximate surface area is 151 Å². The number of likely N-dealkylation sites (tertiary alicyclic amines) is 1. The number of carbonyl (C=O) groups excluding carboxylic acids is 3. The van der Waals surface area contributed by atoms with Crippen molar-refractivity contribution in [2.75, 3.05) is 7.11 Å². The van der Waals surface area contributed by atoms with E-state index in [1.54, 1.807) is 23.1 Å². The van der Waals surface area contributed by atoms with Crippen molar-refractivity contribution in [3.8, 4) is 0 Å². The van der Waals surface area contributed by atoms with E-state index in [1.807, 2.05) is 0 Å². The van der Waals surface area contributed by atoms with Crippen LogP contribution in [0.25, 0.3) is 0 Å². The molecule has 1 N–H and O–H groups in total. The number of benzene rings is 1. The van der Waals surface area contributed by atoms with Gasteiger partial charge in [-0.3, -0.25) is 9.59 Å². The molecular weight excluding hydrogens is 339 g/mol. The molecule has 0 bridgehead atoms. The maximum atomic E-state index is 13.9. The third kappa shape index (κ3) is 4.20. The van der Waals surface area contributed by atoms with Crippen molar-refractivity contribution in [3.63, 3.8) is 0 Å². The van der Waals surface area contributed by atoms with Crippen molar-refractivity contribution in [1.29, 1.82) is 0 Å². The number of hydrogen-bond acceptors (Lipinski definition) is 4. The average molecular weight is 362 g/mol. The summed E-state index contributed by atoms with van der Waals surface area (Å²) in [5.41, 5.74) is 0.429. The van der Waals surface area contributed by atoms with Crippen molar-refractivity contribution in [2.24, 2.45) is 5.92 Å². The molecule has 1 heterocycles. The lowest BCUT2D eigenvalue weighted by Gasteiger charge is -2.25. The van der Waals surface area contributed by atoms with Gasteiger partial charge in [0.15, 0.2) is 0 Å². The van der Waals surface area contributed by atoms with Crippen molar-refractivity contribution >= 4 is 17.8 Å². The zero-order valence-corrected chi connectivity index (χ0v) is 14.7. The second-order valence-electron chi connectivity index (χ2n) is 6.92. The fourth-order valence-corrected chi connectivity index (χ4v) is 3.40. The van der Waals surface area contributed by atoms with E-state index in [9.17, 15) is 18.8 Å². The van der Waals surface area contributed by atoms with E-state index in [4.69, 9.17) is 4.74 Å². The van der Waals surface area contributed by atoms with Crippen molar-refractivity contribution in [3.05, 3.63) is 35.6 Å². The zero-order valence-electron chi connectivity index (χ0n) is 14.7. The first-order chi connectivity index (χ1) is 12.5. The number of ether oxygens (including phenoxy) is 1. The van der Waals surface area contributed by atoms with Crippen LogP contribution in [0.5, 0.6) is 0 Å². The van der Waals surface area contributed by atoms with Crippen LogP contribution in [0.3, 0.4) is 0 Å². The summed E-state index contributed by atoms with van der Waals surface area (Å²) in [5, 5.41) is 2.74. The maximum Gasteiger partial charge on any atom is 0.328 e. The van der Waals surface area contributed by atoms with Gasteiger partial charge in [-0.25, -0.2) is 9.18 Å². The lowest BCUT2D eigenvalue weighted by molar-refractivity contribution is -0.146. The van der Waals surface area contributed by atoms with Gasteiger partial charge in [0.2, 0.25) is 11.8 Å². The van der Waals surface area contributed by atoms with Crippen LogP contribution >= 0.6 is 0 Å². The molecule has 2 aliphatic rings. The minimum Gasteiger partial charge on any atom is -0.467 e. The molecular formula is C19H23FN2O4. The second kappa shape index (κ2) is 7.85. The molecule has 1 aromatic rings. The van der Waals surface area contributed by atoms with Gasteiger partial charge in [0.1, 0.15) is 11.9 Å². The molecule has 0 unspecified atom stereocenters. The molecule has 1 saturated heterocycles. The Balaban J connectivity index is 1.62. The molecule has 2 fully saturated rings. The lowest BCUT2D eigenvalue weighted by atomic mass is 10.1. The van der Waals surface area contributed by atoms with Crippen molar-refractivity contribution < 1.29 is 23.5 Å². The Morgan fingerprint density at radius 2 is 2.04 bits per heavy atom. The Morgan fingerprint density at radius 1 is 1.31 bits per heavy atom. The highest BCUT2D eigenvalue weighted by atomic mass is 19.1. The molecule has 0 radical (unpaired) electrons. The third-order valence-corrected chi connectivity index (χ3v) is 5.04. The van der Waals surface area contributed by atoms with E-state index in [0.717, 1.165) is 12.8 Å². The molecule has 140 valence electrons. The SMILES string of the molecule is COC(=O)[C@@H](NC(=O)C[C@@H]1CCC(=O)N1Cc1ccccc1F)C1CC1. The molecule has 7 heteroatoms. The Hall–Kier alpha value is -2.44. The predicted molar refractivity (Wildman–Crippen MR) is 91.3 cm³/mol. The third-order valence-electron chi connectivity index (χ3n) is 5.04. The van der Waals surface area contributed by atoms with Crippen LogP contribution in [0, 0.1) is 11.7 Å². The van der Waals surface area contributed by atoms with E-state index in [2.05, 4.69) is 5.32 Å². The predicted octanol–water partition coefficient (Wildman–Crippen LogP) is 1.77. The molecule has 2 amide bonds. The van der Waals surface area contributed by atoms with Crippen LogP contribution in [0.2, 0.25) is 0 Å². The summed E-state index contributed by atoms with van der Waals surface area (Å²) in [6.07, 6.45) is 2.77. The average Bonchev–Trinajstić information content (AvgIpc) is 3.41. The van der Waals surface area contributed by atoms with Gasteiger partial charge in [-0.2, -0.15) is 0 Å². The summed E-state index contributed by atoms with van der Waals surface area (Å²) < 4.78 is 18.6. The Kier molecular flexibility index (Phi) is 5.54. The van der Waals surface area contributed by atoms with Gasteiger partial charge < -0.3 is 15.0 Å². The van der Waals surface area contributed by atoms with Gasteiger partial charge in [0.25, 0.3) is 0 Å². The maximum absolute atomic E-state index is 13.9. The van der Waals surface area contributed by atoms with E-state index in [1.165, 1.54) is 13.2 Å². The van der Waals surface area contributed by atoms with Crippen LogP contribution < -0.4 is 5.32 Å². The van der Waals surface area contributed by atoms with Gasteiger partial charge >= 0.3 is 5.97 Å². The second-order valence-corrected chi connectivity index (χ2v) is 6.92. The van der Waals surface area contributed by atoms with Crippen LogP contribution in [-0.2, 0) is 25.7 Å². The highest BCUT2D eigenvalue weighted by Crippen LogP contribution is 2.33. The zero-order chi connectivity index (χ0) is 18.7. The number of nitrogens with one attached hydrogen (secondary N) is 1. The fraction of sp³-hybridized carbons (Fsp3) is 0.526. The van der Waals surface area contributed by atoms with Crippen molar-refractivity contribution in [2.45, 2.75) is 50.7 Å². The molecule has 1 aliphatic heterocycles. The summed E-state index contributed by atoms with van der Waals surface area (Å²) in [6.45, 7) is 0.145. The molecule has 0 spiro atoms. The standard InChI is InChI=1S/C19H23FN2O4/c1-26-19(25)18(12-6-7-12)21-16(23)10-14-8-9-17(24)22(14)11-13-4-2-3-5-15(13)20/h2-5,12,14,18H,6-11H2,1H3,(H,21,23)/t14-,18-/m0/s1. The van der Waals surface area contributed by atoms with Gasteiger partial charge in [-0.15, -0.1) is 0 Å². The minimum atomic E-state index is -0.621. The summed E-state index contributed by atoms with van der Waals surface area (Å²) >= 11 is 0. The molecule has 26 heavy (non-hydrogen) atoms. The van der Waals surface area contributed by atoms with Crippen LogP contribution in [0.4, 0.5) is 4.39 Å². The van der Waals surface area contributed by atoms with Crippen molar-refractivity contribution in [1.82, 2.24) is 10.2 Å². The molecule has 1 aliphatic carbocycles. The number of amides is 2. The van der Waals surface area contributed by atoms with Crippen LogP contribution in [0.1, 0.15) is 37.7 Å². The van der Waals surface area contributed by atoms with Gasteiger partial charge in [-0.1, -0.05) is 18.2 Å². The Bertz CT molecular complexity index is 705. The highest BCUT2D eigenvalue weighted by Gasteiger charge is 2.39. The lowest BCUT2D eigenvalue weighted by Crippen LogP contribution is -2.45. The number of carbonyl (C=O) groups is 3. The normalized spacial score (nSPS) is 20.8.